The van der Waals surface area contributed by atoms with Crippen LogP contribution in [-0.4, -0.2) is 23.4 Å². The molecule has 2 heteroatoms. The summed E-state index contributed by atoms with van der Waals surface area (Å²) in [5, 5.41) is 18.0. The molecule has 2 nitrogen and oxygen atoms in total. The number of hydrogen-bond acceptors (Lipinski definition) is 2. The first-order valence-electron chi connectivity index (χ1n) is 4.76. The number of hydrogen-bond donors (Lipinski definition) is 2. The molecule has 12 heavy (non-hydrogen) atoms. The lowest BCUT2D eigenvalue weighted by Crippen LogP contribution is -2.25. The summed E-state index contributed by atoms with van der Waals surface area (Å²) in [6, 6.07) is 0. The van der Waals surface area contributed by atoms with Gasteiger partial charge >= 0.3 is 0 Å². The van der Waals surface area contributed by atoms with Crippen LogP contribution in [0.5, 0.6) is 0 Å². The van der Waals surface area contributed by atoms with Crippen molar-refractivity contribution in [1.29, 1.82) is 0 Å². The summed E-state index contributed by atoms with van der Waals surface area (Å²) < 4.78 is 0. The van der Waals surface area contributed by atoms with Crippen LogP contribution >= 0.6 is 0 Å². The first-order chi connectivity index (χ1) is 5.54. The molecule has 0 rings (SSSR count). The smallest absolute Gasteiger partial charge is 0.0506 e. The third-order valence-electron chi connectivity index (χ3n) is 2.33. The van der Waals surface area contributed by atoms with Crippen molar-refractivity contribution in [2.75, 3.05) is 13.2 Å². The summed E-state index contributed by atoms with van der Waals surface area (Å²) in [6.07, 6.45) is 3.18. The van der Waals surface area contributed by atoms with Crippen LogP contribution < -0.4 is 0 Å². The van der Waals surface area contributed by atoms with Gasteiger partial charge in [0.1, 0.15) is 0 Å². The normalized spacial score (nSPS) is 12.5. The molecular formula is C10H22O2. The maximum atomic E-state index is 8.99. The third kappa shape index (κ3) is 4.73. The van der Waals surface area contributed by atoms with E-state index in [0.717, 1.165) is 12.8 Å². The van der Waals surface area contributed by atoms with Crippen molar-refractivity contribution in [2.45, 2.75) is 40.0 Å². The molecule has 0 saturated carbocycles. The number of aliphatic hydroxyl groups excluding tert-OH is 2. The van der Waals surface area contributed by atoms with Crippen molar-refractivity contribution >= 4 is 0 Å². The van der Waals surface area contributed by atoms with Crippen LogP contribution in [0.4, 0.5) is 0 Å². The van der Waals surface area contributed by atoms with Crippen LogP contribution in [0.2, 0.25) is 0 Å². The zero-order valence-electron chi connectivity index (χ0n) is 8.51. The molecule has 0 spiro atoms. The molecule has 0 saturated heterocycles. The summed E-state index contributed by atoms with van der Waals surface area (Å²) >= 11 is 0. The van der Waals surface area contributed by atoms with Gasteiger partial charge in [-0.1, -0.05) is 33.6 Å². The highest BCUT2D eigenvalue weighted by Crippen LogP contribution is 2.23. The largest absolute Gasteiger partial charge is 0.396 e. The van der Waals surface area contributed by atoms with Crippen LogP contribution in [-0.2, 0) is 0 Å². The number of aliphatic hydroxyl groups is 2. The van der Waals surface area contributed by atoms with E-state index in [-0.39, 0.29) is 18.6 Å². The second kappa shape index (κ2) is 5.55. The van der Waals surface area contributed by atoms with Crippen LogP contribution in [0.3, 0.4) is 0 Å². The molecule has 0 aliphatic heterocycles. The van der Waals surface area contributed by atoms with Gasteiger partial charge in [-0.2, -0.15) is 0 Å². The van der Waals surface area contributed by atoms with E-state index in [1.165, 1.54) is 6.42 Å². The third-order valence-corrected chi connectivity index (χ3v) is 2.33. The summed E-state index contributed by atoms with van der Waals surface area (Å²) in [7, 11) is 0. The zero-order chi connectivity index (χ0) is 9.61. The highest BCUT2D eigenvalue weighted by Gasteiger charge is 2.21. The van der Waals surface area contributed by atoms with Gasteiger partial charge in [0.15, 0.2) is 0 Å². The van der Waals surface area contributed by atoms with E-state index in [0.29, 0.717) is 5.92 Å². The molecule has 74 valence electrons. The molecule has 0 aromatic heterocycles. The topological polar surface area (TPSA) is 40.5 Å². The predicted molar refractivity (Wildman–Crippen MR) is 51.0 cm³/mol. The van der Waals surface area contributed by atoms with E-state index in [1.807, 2.05) is 6.92 Å². The van der Waals surface area contributed by atoms with Crippen molar-refractivity contribution in [2.24, 2.45) is 11.3 Å². The first-order valence-corrected chi connectivity index (χ1v) is 4.76. The molecule has 2 N–H and O–H groups in total. The molecule has 0 bridgehead atoms. The second-order valence-electron chi connectivity index (χ2n) is 4.41. The van der Waals surface area contributed by atoms with Gasteiger partial charge in [-0.15, -0.1) is 0 Å². The average molecular weight is 174 g/mol. The van der Waals surface area contributed by atoms with Gasteiger partial charge < -0.3 is 10.2 Å². The summed E-state index contributed by atoms with van der Waals surface area (Å²) in [5.41, 5.74) is -0.269. The van der Waals surface area contributed by atoms with Crippen molar-refractivity contribution in [3.05, 3.63) is 0 Å². The Morgan fingerprint density at radius 2 is 1.67 bits per heavy atom. The fourth-order valence-electron chi connectivity index (χ4n) is 1.15. The van der Waals surface area contributed by atoms with Gasteiger partial charge in [0, 0.05) is 5.41 Å². The van der Waals surface area contributed by atoms with E-state index >= 15 is 0 Å². The Labute approximate surface area is 75.6 Å². The molecule has 0 amide bonds. The average Bonchev–Trinajstić information content (AvgIpc) is 2.03. The Morgan fingerprint density at radius 1 is 1.17 bits per heavy atom. The Balaban J connectivity index is 3.58. The molecule has 0 aromatic rings. The van der Waals surface area contributed by atoms with Gasteiger partial charge in [-0.3, -0.25) is 0 Å². The minimum absolute atomic E-state index is 0.0849. The van der Waals surface area contributed by atoms with E-state index in [4.69, 9.17) is 10.2 Å². The monoisotopic (exact) mass is 174 g/mol. The summed E-state index contributed by atoms with van der Waals surface area (Å²) in [5.74, 6) is 0.714. The molecule has 0 fully saturated rings. The SMILES string of the molecule is CC(C)CCCC(C)(CO)CO. The Hall–Kier alpha value is -0.0800. The maximum absolute atomic E-state index is 8.99. The lowest BCUT2D eigenvalue weighted by Gasteiger charge is -2.24. The fourth-order valence-corrected chi connectivity index (χ4v) is 1.15. The second-order valence-corrected chi connectivity index (χ2v) is 4.41. The molecular weight excluding hydrogens is 152 g/mol. The van der Waals surface area contributed by atoms with E-state index < -0.39 is 0 Å². The van der Waals surface area contributed by atoms with Gasteiger partial charge in [0.05, 0.1) is 13.2 Å². The highest BCUT2D eigenvalue weighted by atomic mass is 16.3. The van der Waals surface area contributed by atoms with Gasteiger partial charge in [0.2, 0.25) is 0 Å². The van der Waals surface area contributed by atoms with Gasteiger partial charge in [0.25, 0.3) is 0 Å². The minimum atomic E-state index is -0.269. The van der Waals surface area contributed by atoms with Crippen molar-refractivity contribution in [3.8, 4) is 0 Å². The van der Waals surface area contributed by atoms with Crippen LogP contribution in [0, 0.1) is 11.3 Å². The van der Waals surface area contributed by atoms with Crippen molar-refractivity contribution in [3.63, 3.8) is 0 Å². The van der Waals surface area contributed by atoms with E-state index in [2.05, 4.69) is 13.8 Å². The zero-order valence-corrected chi connectivity index (χ0v) is 8.51. The minimum Gasteiger partial charge on any atom is -0.396 e. The van der Waals surface area contributed by atoms with Crippen LogP contribution in [0.25, 0.3) is 0 Å². The van der Waals surface area contributed by atoms with E-state index in [9.17, 15) is 0 Å². The molecule has 0 aliphatic carbocycles. The molecule has 0 heterocycles. The van der Waals surface area contributed by atoms with E-state index in [1.54, 1.807) is 0 Å². The van der Waals surface area contributed by atoms with Gasteiger partial charge in [-0.05, 0) is 12.3 Å². The maximum Gasteiger partial charge on any atom is 0.0506 e. The Kier molecular flexibility index (Phi) is 5.51. The predicted octanol–water partition coefficient (Wildman–Crippen LogP) is 1.80. The Morgan fingerprint density at radius 3 is 2.00 bits per heavy atom. The first kappa shape index (κ1) is 11.9. The molecule has 0 aromatic carbocycles. The number of rotatable bonds is 6. The summed E-state index contributed by atoms with van der Waals surface area (Å²) in [6.45, 7) is 6.47. The Bertz CT molecular complexity index is 106. The lowest BCUT2D eigenvalue weighted by molar-refractivity contribution is 0.0599. The highest BCUT2D eigenvalue weighted by molar-refractivity contribution is 4.71. The van der Waals surface area contributed by atoms with Gasteiger partial charge in [-0.25, -0.2) is 0 Å². The quantitative estimate of drug-likeness (QED) is 0.644. The standard InChI is InChI=1S/C10H22O2/c1-9(2)5-4-6-10(3,7-11)8-12/h9,11-12H,4-8H2,1-3H3. The molecule has 0 aliphatic rings. The van der Waals surface area contributed by atoms with Crippen molar-refractivity contribution < 1.29 is 10.2 Å². The molecule has 0 radical (unpaired) electrons. The van der Waals surface area contributed by atoms with Crippen LogP contribution in [0.1, 0.15) is 40.0 Å². The van der Waals surface area contributed by atoms with Crippen molar-refractivity contribution in [1.82, 2.24) is 0 Å². The van der Waals surface area contributed by atoms with Crippen LogP contribution in [0.15, 0.2) is 0 Å². The molecule has 0 unspecified atom stereocenters. The fraction of sp³-hybridized carbons (Fsp3) is 1.00. The lowest BCUT2D eigenvalue weighted by atomic mass is 9.86. The summed E-state index contributed by atoms with van der Waals surface area (Å²) in [4.78, 5) is 0. The molecule has 0 atom stereocenters.